The number of halogens is 2. The summed E-state index contributed by atoms with van der Waals surface area (Å²) < 4.78 is 6.65. The average Bonchev–Trinajstić information content (AvgIpc) is 2.40. The van der Waals surface area contributed by atoms with E-state index in [9.17, 15) is 0 Å². The van der Waals surface area contributed by atoms with E-state index in [4.69, 9.17) is 22.1 Å². The van der Waals surface area contributed by atoms with Crippen LogP contribution >= 0.6 is 34.2 Å². The van der Waals surface area contributed by atoms with E-state index in [0.717, 1.165) is 20.4 Å². The van der Waals surface area contributed by atoms with Crippen LogP contribution in [0.3, 0.4) is 0 Å². The van der Waals surface area contributed by atoms with Crippen LogP contribution in [0.5, 0.6) is 5.75 Å². The molecule has 0 aliphatic heterocycles. The van der Waals surface area contributed by atoms with Crippen LogP contribution < -0.4 is 10.5 Å². The molecule has 1 heterocycles. The van der Waals surface area contributed by atoms with Crippen LogP contribution in [-0.2, 0) is 0 Å². The highest BCUT2D eigenvalue weighted by Crippen LogP contribution is 2.27. The summed E-state index contributed by atoms with van der Waals surface area (Å²) in [6.45, 7) is 3.96. The molecule has 0 radical (unpaired) electrons. The third kappa shape index (κ3) is 3.84. The van der Waals surface area contributed by atoms with Crippen molar-refractivity contribution in [3.8, 4) is 5.75 Å². The summed E-state index contributed by atoms with van der Waals surface area (Å²) in [5, 5.41) is 0.709. The van der Waals surface area contributed by atoms with Crippen LogP contribution in [0.1, 0.15) is 31.0 Å². The first-order valence-electron chi connectivity index (χ1n) is 6.29. The van der Waals surface area contributed by atoms with Gasteiger partial charge in [0.2, 0.25) is 0 Å². The molecule has 106 valence electrons. The minimum absolute atomic E-state index is 0.107. The Labute approximate surface area is 137 Å². The van der Waals surface area contributed by atoms with Gasteiger partial charge in [0.25, 0.3) is 0 Å². The van der Waals surface area contributed by atoms with E-state index < -0.39 is 0 Å². The Kier molecular flexibility index (Phi) is 5.23. The molecular weight excluding hydrogens is 387 g/mol. The van der Waals surface area contributed by atoms with Crippen LogP contribution in [0.4, 0.5) is 0 Å². The number of aromatic nitrogens is 1. The van der Waals surface area contributed by atoms with E-state index in [-0.39, 0.29) is 12.1 Å². The molecule has 0 saturated heterocycles. The van der Waals surface area contributed by atoms with E-state index in [1.54, 1.807) is 12.4 Å². The predicted octanol–water partition coefficient (Wildman–Crippen LogP) is 4.17. The van der Waals surface area contributed by atoms with Gasteiger partial charge in [-0.05, 0) is 65.8 Å². The van der Waals surface area contributed by atoms with Crippen molar-refractivity contribution in [1.29, 1.82) is 0 Å². The molecule has 2 aromatic rings. The minimum Gasteiger partial charge on any atom is -0.489 e. The molecule has 3 nitrogen and oxygen atoms in total. The van der Waals surface area contributed by atoms with Crippen molar-refractivity contribution in [1.82, 2.24) is 4.98 Å². The van der Waals surface area contributed by atoms with Gasteiger partial charge >= 0.3 is 0 Å². The first-order chi connectivity index (χ1) is 9.47. The number of benzene rings is 1. The molecule has 1 aromatic heterocycles. The summed E-state index contributed by atoms with van der Waals surface area (Å²) in [5.41, 5.74) is 8.14. The Bertz CT molecular complexity index is 604. The van der Waals surface area contributed by atoms with Crippen molar-refractivity contribution in [3.63, 3.8) is 0 Å². The molecule has 1 atom stereocenters. The highest BCUT2D eigenvalue weighted by molar-refractivity contribution is 14.1. The average molecular weight is 403 g/mol. The lowest BCUT2D eigenvalue weighted by molar-refractivity contribution is 0.241. The van der Waals surface area contributed by atoms with Crippen molar-refractivity contribution in [2.24, 2.45) is 5.73 Å². The molecule has 0 aliphatic carbocycles. The van der Waals surface area contributed by atoms with Crippen molar-refractivity contribution in [2.45, 2.75) is 26.0 Å². The molecule has 0 fully saturated rings. The number of hydrogen-bond acceptors (Lipinski definition) is 3. The lowest BCUT2D eigenvalue weighted by atomic mass is 10.0. The van der Waals surface area contributed by atoms with Gasteiger partial charge in [-0.2, -0.15) is 0 Å². The Morgan fingerprint density at radius 3 is 2.60 bits per heavy atom. The Morgan fingerprint density at radius 1 is 1.20 bits per heavy atom. The van der Waals surface area contributed by atoms with Gasteiger partial charge in [-0.3, -0.25) is 4.98 Å². The van der Waals surface area contributed by atoms with Gasteiger partial charge in [-0.1, -0.05) is 17.7 Å². The summed E-state index contributed by atoms with van der Waals surface area (Å²) >= 11 is 8.33. The Hall–Kier alpha value is -0.850. The topological polar surface area (TPSA) is 48.1 Å². The normalized spacial score (nSPS) is 12.5. The smallest absolute Gasteiger partial charge is 0.138 e. The van der Waals surface area contributed by atoms with Crippen molar-refractivity contribution < 1.29 is 4.74 Å². The lowest BCUT2D eigenvalue weighted by Gasteiger charge is -2.15. The fraction of sp³-hybridized carbons (Fsp3) is 0.267. The van der Waals surface area contributed by atoms with Gasteiger partial charge in [0.05, 0.1) is 23.4 Å². The number of nitrogens with two attached hydrogens (primary N) is 1. The Balaban J connectivity index is 2.28. The highest BCUT2D eigenvalue weighted by Gasteiger charge is 2.12. The van der Waals surface area contributed by atoms with E-state index in [2.05, 4.69) is 27.6 Å². The zero-order valence-corrected chi connectivity index (χ0v) is 14.2. The van der Waals surface area contributed by atoms with E-state index in [1.807, 2.05) is 38.1 Å². The predicted molar refractivity (Wildman–Crippen MR) is 90.2 cm³/mol. The summed E-state index contributed by atoms with van der Waals surface area (Å²) in [7, 11) is 0. The zero-order chi connectivity index (χ0) is 14.7. The van der Waals surface area contributed by atoms with Crippen LogP contribution in [0.15, 0.2) is 36.7 Å². The largest absolute Gasteiger partial charge is 0.489 e. The van der Waals surface area contributed by atoms with E-state index in [0.29, 0.717) is 5.02 Å². The van der Waals surface area contributed by atoms with Gasteiger partial charge in [-0.25, -0.2) is 0 Å². The van der Waals surface area contributed by atoms with Crippen molar-refractivity contribution in [3.05, 3.63) is 56.4 Å². The standard InChI is InChI=1S/C15H16ClIN2O/c1-9(2)20-12-5-11(7-19-8-12)15(18)10-3-4-14(17)13(16)6-10/h3-9,15H,18H2,1-2H3. The van der Waals surface area contributed by atoms with Gasteiger partial charge in [0, 0.05) is 9.77 Å². The molecule has 5 heteroatoms. The van der Waals surface area contributed by atoms with Crippen molar-refractivity contribution in [2.75, 3.05) is 0 Å². The fourth-order valence-corrected chi connectivity index (χ4v) is 2.37. The molecule has 0 amide bonds. The summed E-state index contributed by atoms with van der Waals surface area (Å²) in [4.78, 5) is 4.18. The Morgan fingerprint density at radius 2 is 1.95 bits per heavy atom. The maximum absolute atomic E-state index is 6.28. The second kappa shape index (κ2) is 6.74. The second-order valence-corrected chi connectivity index (χ2v) is 6.34. The summed E-state index contributed by atoms with van der Waals surface area (Å²) in [5.74, 6) is 0.726. The number of hydrogen-bond donors (Lipinski definition) is 1. The van der Waals surface area contributed by atoms with Crippen LogP contribution in [0.2, 0.25) is 5.02 Å². The van der Waals surface area contributed by atoms with E-state index >= 15 is 0 Å². The van der Waals surface area contributed by atoms with Crippen LogP contribution in [0.25, 0.3) is 0 Å². The number of ether oxygens (including phenoxy) is 1. The molecule has 0 saturated carbocycles. The molecule has 2 N–H and O–H groups in total. The van der Waals surface area contributed by atoms with Gasteiger partial charge in [0.1, 0.15) is 5.75 Å². The molecule has 1 unspecified atom stereocenters. The van der Waals surface area contributed by atoms with Gasteiger partial charge < -0.3 is 10.5 Å². The maximum Gasteiger partial charge on any atom is 0.138 e. The maximum atomic E-state index is 6.28. The van der Waals surface area contributed by atoms with Crippen LogP contribution in [0, 0.1) is 3.57 Å². The number of rotatable bonds is 4. The van der Waals surface area contributed by atoms with Crippen molar-refractivity contribution >= 4 is 34.2 Å². The SMILES string of the molecule is CC(C)Oc1cncc(C(N)c2ccc(I)c(Cl)c2)c1. The monoisotopic (exact) mass is 402 g/mol. The molecule has 1 aromatic carbocycles. The van der Waals surface area contributed by atoms with Gasteiger partial charge in [0.15, 0.2) is 0 Å². The molecule has 20 heavy (non-hydrogen) atoms. The first kappa shape index (κ1) is 15.5. The number of nitrogens with zero attached hydrogens (tertiary/aromatic N) is 1. The van der Waals surface area contributed by atoms with E-state index in [1.165, 1.54) is 0 Å². The third-order valence-corrected chi connectivity index (χ3v) is 4.34. The molecule has 2 rings (SSSR count). The van der Waals surface area contributed by atoms with Gasteiger partial charge in [-0.15, -0.1) is 0 Å². The third-order valence-electron chi connectivity index (χ3n) is 2.77. The fourth-order valence-electron chi connectivity index (χ4n) is 1.84. The molecule has 0 aliphatic rings. The zero-order valence-electron chi connectivity index (χ0n) is 11.3. The first-order valence-corrected chi connectivity index (χ1v) is 7.75. The lowest BCUT2D eigenvalue weighted by Crippen LogP contribution is -2.13. The van der Waals surface area contributed by atoms with Crippen LogP contribution in [-0.4, -0.2) is 11.1 Å². The summed E-state index contributed by atoms with van der Waals surface area (Å²) in [6, 6.07) is 7.48. The quantitative estimate of drug-likeness (QED) is 0.781. The molecular formula is C15H16ClIN2O. The second-order valence-electron chi connectivity index (χ2n) is 4.77. The molecule has 0 bridgehead atoms. The molecule has 0 spiro atoms. The summed E-state index contributed by atoms with van der Waals surface area (Å²) in [6.07, 6.45) is 3.55. The minimum atomic E-state index is -0.271. The number of pyridine rings is 1. The highest BCUT2D eigenvalue weighted by atomic mass is 127.